The Labute approximate surface area is 72.3 Å². The summed E-state index contributed by atoms with van der Waals surface area (Å²) < 4.78 is 1.79. The van der Waals surface area contributed by atoms with Gasteiger partial charge in [0.05, 0.1) is 5.69 Å². The summed E-state index contributed by atoms with van der Waals surface area (Å²) in [4.78, 5) is 0. The molecule has 0 unspecified atom stereocenters. The molecule has 0 amide bonds. The molecule has 3 nitrogen and oxygen atoms in total. The van der Waals surface area contributed by atoms with E-state index < -0.39 is 0 Å². The molecule has 0 aliphatic rings. The monoisotopic (exact) mass is 166 g/mol. The van der Waals surface area contributed by atoms with E-state index in [0.29, 0.717) is 6.42 Å². The molecule has 0 radical (unpaired) electrons. The van der Waals surface area contributed by atoms with Crippen LogP contribution >= 0.6 is 0 Å². The molecule has 1 heterocycles. The van der Waals surface area contributed by atoms with Crippen LogP contribution in [0.4, 0.5) is 0 Å². The molecule has 0 atom stereocenters. The van der Waals surface area contributed by atoms with Crippen molar-refractivity contribution in [3.63, 3.8) is 0 Å². The number of aliphatic hydroxyl groups is 1. The Hall–Kier alpha value is -1.09. The predicted octanol–water partition coefficient (Wildman–Crippen LogP) is 1.12. The van der Waals surface area contributed by atoms with Crippen molar-refractivity contribution in [2.75, 3.05) is 6.61 Å². The van der Waals surface area contributed by atoms with Gasteiger partial charge in [0.15, 0.2) is 0 Å². The maximum absolute atomic E-state index is 8.55. The highest BCUT2D eigenvalue weighted by Crippen LogP contribution is 2.06. The van der Waals surface area contributed by atoms with E-state index in [1.54, 1.807) is 4.68 Å². The third-order valence-electron chi connectivity index (χ3n) is 1.64. The number of aromatic nitrogens is 2. The van der Waals surface area contributed by atoms with Crippen LogP contribution in [0.15, 0.2) is 12.3 Å². The molecule has 1 aromatic rings. The van der Waals surface area contributed by atoms with Crippen LogP contribution in [0, 0.1) is 6.92 Å². The van der Waals surface area contributed by atoms with Crippen LogP contribution in [0.3, 0.4) is 0 Å². The standard InChI is InChI=1S/C9H14N2O/c1-8-9(5-3-4-6-12)7-11(2)10-8/h3,5,7,12H,4,6H2,1-2H3. The Morgan fingerprint density at radius 1 is 1.67 bits per heavy atom. The van der Waals surface area contributed by atoms with Gasteiger partial charge in [-0.15, -0.1) is 0 Å². The molecule has 1 aromatic heterocycles. The highest BCUT2D eigenvalue weighted by atomic mass is 16.2. The predicted molar refractivity (Wildman–Crippen MR) is 48.7 cm³/mol. The number of hydrogen-bond donors (Lipinski definition) is 1. The van der Waals surface area contributed by atoms with Gasteiger partial charge in [0.1, 0.15) is 0 Å². The lowest BCUT2D eigenvalue weighted by atomic mass is 10.2. The fourth-order valence-electron chi connectivity index (χ4n) is 1.07. The minimum absolute atomic E-state index is 0.204. The largest absolute Gasteiger partial charge is 0.396 e. The summed E-state index contributed by atoms with van der Waals surface area (Å²) in [6.07, 6.45) is 6.60. The van der Waals surface area contributed by atoms with Crippen LogP contribution in [-0.2, 0) is 7.05 Å². The van der Waals surface area contributed by atoms with Crippen LogP contribution in [0.1, 0.15) is 17.7 Å². The SMILES string of the molecule is Cc1nn(C)cc1C=CCCO. The van der Waals surface area contributed by atoms with E-state index in [-0.39, 0.29) is 6.61 Å². The molecule has 1 N–H and O–H groups in total. The smallest absolute Gasteiger partial charge is 0.0665 e. The van der Waals surface area contributed by atoms with Crippen molar-refractivity contribution in [2.24, 2.45) is 7.05 Å². The van der Waals surface area contributed by atoms with Gasteiger partial charge in [-0.2, -0.15) is 5.10 Å². The fourth-order valence-corrected chi connectivity index (χ4v) is 1.07. The zero-order valence-electron chi connectivity index (χ0n) is 7.49. The third kappa shape index (κ3) is 2.20. The van der Waals surface area contributed by atoms with Crippen molar-refractivity contribution in [1.29, 1.82) is 0 Å². The van der Waals surface area contributed by atoms with Crippen LogP contribution in [-0.4, -0.2) is 21.5 Å². The van der Waals surface area contributed by atoms with Gasteiger partial charge >= 0.3 is 0 Å². The summed E-state index contributed by atoms with van der Waals surface area (Å²) in [5.74, 6) is 0. The van der Waals surface area contributed by atoms with E-state index in [0.717, 1.165) is 11.3 Å². The van der Waals surface area contributed by atoms with Crippen LogP contribution in [0.2, 0.25) is 0 Å². The second kappa shape index (κ2) is 4.07. The van der Waals surface area contributed by atoms with Crippen molar-refractivity contribution in [2.45, 2.75) is 13.3 Å². The average Bonchev–Trinajstić information content (AvgIpc) is 2.31. The quantitative estimate of drug-likeness (QED) is 0.730. The molecule has 1 rings (SSSR count). The minimum atomic E-state index is 0.204. The van der Waals surface area contributed by atoms with Gasteiger partial charge in [-0.05, 0) is 13.3 Å². The highest BCUT2D eigenvalue weighted by Gasteiger charge is 1.96. The topological polar surface area (TPSA) is 38.0 Å². The number of rotatable bonds is 3. The summed E-state index contributed by atoms with van der Waals surface area (Å²) in [7, 11) is 1.90. The van der Waals surface area contributed by atoms with E-state index in [2.05, 4.69) is 5.10 Å². The fraction of sp³-hybridized carbons (Fsp3) is 0.444. The van der Waals surface area contributed by atoms with Crippen LogP contribution in [0.25, 0.3) is 6.08 Å². The molecular formula is C9H14N2O. The zero-order chi connectivity index (χ0) is 8.97. The van der Waals surface area contributed by atoms with Gasteiger partial charge in [0.25, 0.3) is 0 Å². The number of aryl methyl sites for hydroxylation is 2. The van der Waals surface area contributed by atoms with Crippen molar-refractivity contribution >= 4 is 6.08 Å². The molecule has 0 bridgehead atoms. The summed E-state index contributed by atoms with van der Waals surface area (Å²) in [6.45, 7) is 2.18. The second-order valence-corrected chi connectivity index (χ2v) is 2.76. The van der Waals surface area contributed by atoms with Crippen molar-refractivity contribution in [3.8, 4) is 0 Å². The molecule has 0 fully saturated rings. The first-order chi connectivity index (χ1) is 5.74. The Morgan fingerprint density at radius 2 is 2.42 bits per heavy atom. The van der Waals surface area contributed by atoms with Gasteiger partial charge in [0, 0.05) is 25.4 Å². The normalized spacial score (nSPS) is 11.2. The summed E-state index contributed by atoms with van der Waals surface area (Å²) in [6, 6.07) is 0. The lowest BCUT2D eigenvalue weighted by Crippen LogP contribution is -1.86. The van der Waals surface area contributed by atoms with Gasteiger partial charge in [0.2, 0.25) is 0 Å². The molecule has 0 aliphatic heterocycles. The minimum Gasteiger partial charge on any atom is -0.396 e. The van der Waals surface area contributed by atoms with Gasteiger partial charge < -0.3 is 5.11 Å². The summed E-state index contributed by atoms with van der Waals surface area (Å²) >= 11 is 0. The maximum Gasteiger partial charge on any atom is 0.0665 e. The molecule has 12 heavy (non-hydrogen) atoms. The molecule has 0 aromatic carbocycles. The lowest BCUT2D eigenvalue weighted by molar-refractivity contribution is 0.303. The Morgan fingerprint density at radius 3 is 2.92 bits per heavy atom. The number of aliphatic hydroxyl groups excluding tert-OH is 1. The van der Waals surface area contributed by atoms with Crippen molar-refractivity contribution in [3.05, 3.63) is 23.5 Å². The van der Waals surface area contributed by atoms with E-state index in [1.165, 1.54) is 0 Å². The summed E-state index contributed by atoms with van der Waals surface area (Å²) in [5.41, 5.74) is 2.14. The Bertz CT molecular complexity index is 276. The molecule has 0 saturated carbocycles. The Balaban J connectivity index is 2.68. The first-order valence-corrected chi connectivity index (χ1v) is 4.01. The van der Waals surface area contributed by atoms with Gasteiger partial charge in [-0.1, -0.05) is 12.2 Å². The van der Waals surface area contributed by atoms with Crippen molar-refractivity contribution in [1.82, 2.24) is 9.78 Å². The Kier molecular flexibility index (Phi) is 3.05. The summed E-state index contributed by atoms with van der Waals surface area (Å²) in [5, 5.41) is 12.7. The second-order valence-electron chi connectivity index (χ2n) is 2.76. The van der Waals surface area contributed by atoms with Gasteiger partial charge in [-0.3, -0.25) is 4.68 Å². The van der Waals surface area contributed by atoms with E-state index in [1.807, 2.05) is 32.3 Å². The van der Waals surface area contributed by atoms with Crippen molar-refractivity contribution < 1.29 is 5.11 Å². The maximum atomic E-state index is 8.55. The van der Waals surface area contributed by atoms with Gasteiger partial charge in [-0.25, -0.2) is 0 Å². The van der Waals surface area contributed by atoms with E-state index in [9.17, 15) is 0 Å². The molecule has 0 aliphatic carbocycles. The molecule has 66 valence electrons. The lowest BCUT2D eigenvalue weighted by Gasteiger charge is -1.86. The van der Waals surface area contributed by atoms with Crippen LogP contribution in [0.5, 0.6) is 0 Å². The number of hydrogen-bond acceptors (Lipinski definition) is 2. The first kappa shape index (κ1) is 9.00. The molecule has 0 spiro atoms. The first-order valence-electron chi connectivity index (χ1n) is 4.01. The zero-order valence-corrected chi connectivity index (χ0v) is 7.49. The third-order valence-corrected chi connectivity index (χ3v) is 1.64. The number of nitrogens with zero attached hydrogens (tertiary/aromatic N) is 2. The molecular weight excluding hydrogens is 152 g/mol. The average molecular weight is 166 g/mol. The van der Waals surface area contributed by atoms with Crippen LogP contribution < -0.4 is 0 Å². The van der Waals surface area contributed by atoms with E-state index >= 15 is 0 Å². The van der Waals surface area contributed by atoms with E-state index in [4.69, 9.17) is 5.11 Å². The highest BCUT2D eigenvalue weighted by molar-refractivity contribution is 5.50. The molecule has 0 saturated heterocycles. The molecule has 3 heteroatoms.